The molecule has 3 N–H and O–H groups in total. The van der Waals surface area contributed by atoms with Gasteiger partial charge in [0.15, 0.2) is 0 Å². The zero-order valence-corrected chi connectivity index (χ0v) is 28.1. The Balaban J connectivity index is 1.04. The van der Waals surface area contributed by atoms with Crippen molar-refractivity contribution in [1.29, 1.82) is 0 Å². The van der Waals surface area contributed by atoms with Gasteiger partial charge in [0.05, 0.1) is 29.5 Å². The second kappa shape index (κ2) is 12.1. The third kappa shape index (κ3) is 4.94. The summed E-state index contributed by atoms with van der Waals surface area (Å²) < 4.78 is 5.08. The van der Waals surface area contributed by atoms with E-state index in [0.29, 0.717) is 0 Å². The van der Waals surface area contributed by atoms with Gasteiger partial charge in [-0.25, -0.2) is 0 Å². The van der Waals surface area contributed by atoms with Gasteiger partial charge in [0, 0.05) is 36.6 Å². The summed E-state index contributed by atoms with van der Waals surface area (Å²) in [5.41, 5.74) is 9.71. The van der Waals surface area contributed by atoms with Crippen LogP contribution in [-0.4, -0.2) is 4.57 Å². The van der Waals surface area contributed by atoms with Crippen LogP contribution < -0.4 is 16.0 Å². The van der Waals surface area contributed by atoms with E-state index >= 15 is 0 Å². The lowest BCUT2D eigenvalue weighted by Gasteiger charge is -2.39. The van der Waals surface area contributed by atoms with Crippen LogP contribution in [0.1, 0.15) is 35.2 Å². The fourth-order valence-electron chi connectivity index (χ4n) is 7.72. The van der Waals surface area contributed by atoms with Gasteiger partial charge in [-0.15, -0.1) is 11.3 Å². The van der Waals surface area contributed by atoms with Crippen molar-refractivity contribution in [1.82, 2.24) is 20.5 Å². The number of nitrogens with zero attached hydrogens (tertiary/aromatic N) is 1. The Hall–Kier alpha value is -5.56. The zero-order chi connectivity index (χ0) is 33.0. The zero-order valence-electron chi connectivity index (χ0n) is 27.3. The molecule has 1 aliphatic heterocycles. The summed E-state index contributed by atoms with van der Waals surface area (Å²) in [7, 11) is 0. The van der Waals surface area contributed by atoms with Crippen molar-refractivity contribution in [3.05, 3.63) is 187 Å². The number of hydrogen-bond donors (Lipinski definition) is 3. The molecular weight excluding hydrogens is 629 g/mol. The van der Waals surface area contributed by atoms with Crippen LogP contribution >= 0.6 is 11.3 Å². The molecule has 50 heavy (non-hydrogen) atoms. The van der Waals surface area contributed by atoms with Gasteiger partial charge in [-0.2, -0.15) is 0 Å². The minimum Gasteiger partial charge on any atom is -0.309 e. The molecule has 2 unspecified atom stereocenters. The molecule has 1 aliphatic rings. The van der Waals surface area contributed by atoms with Crippen LogP contribution in [0.2, 0.25) is 0 Å². The van der Waals surface area contributed by atoms with Crippen molar-refractivity contribution in [3.63, 3.8) is 0 Å². The Labute approximate surface area is 294 Å². The molecule has 0 spiro atoms. The topological polar surface area (TPSA) is 41.0 Å². The molecule has 7 aromatic carbocycles. The van der Waals surface area contributed by atoms with Crippen molar-refractivity contribution in [3.8, 4) is 16.8 Å². The number of nitrogens with one attached hydrogen (secondary N) is 3. The van der Waals surface area contributed by atoms with Gasteiger partial charge in [-0.1, -0.05) is 133 Å². The maximum atomic E-state index is 3.81. The maximum Gasteiger partial charge on any atom is 0.0864 e. The van der Waals surface area contributed by atoms with Gasteiger partial charge < -0.3 is 4.57 Å². The number of aromatic nitrogens is 1. The Kier molecular flexibility index (Phi) is 7.10. The van der Waals surface area contributed by atoms with E-state index in [1.165, 1.54) is 69.8 Å². The molecule has 1 fully saturated rings. The maximum absolute atomic E-state index is 3.81. The molecule has 4 nitrogen and oxygen atoms in total. The van der Waals surface area contributed by atoms with Crippen LogP contribution in [0.25, 0.3) is 58.8 Å². The lowest BCUT2D eigenvalue weighted by molar-refractivity contribution is 0.203. The molecule has 2 atom stereocenters. The van der Waals surface area contributed by atoms with Crippen LogP contribution in [0.4, 0.5) is 0 Å². The number of thiophene rings is 1. The summed E-state index contributed by atoms with van der Waals surface area (Å²) in [6.07, 6.45) is -0.0485. The first-order chi connectivity index (χ1) is 24.8. The second-order valence-electron chi connectivity index (χ2n) is 13.1. The number of hydrogen-bond acceptors (Lipinski definition) is 4. The highest BCUT2D eigenvalue weighted by atomic mass is 32.1. The Morgan fingerprint density at radius 1 is 0.420 bits per heavy atom. The SMILES string of the molecule is c1ccc(C2NC(c3ccccc3)NC(c3ccc(-n4c5ccccc5c5cc(-c6cccc7c6sc6ccccc67)ccc54)cc3)N2)cc1. The number of rotatable bonds is 5. The lowest BCUT2D eigenvalue weighted by Crippen LogP contribution is -2.54. The van der Waals surface area contributed by atoms with E-state index in [2.05, 4.69) is 190 Å². The highest BCUT2D eigenvalue weighted by Crippen LogP contribution is 2.42. The normalized spacial score (nSPS) is 18.0. The largest absolute Gasteiger partial charge is 0.309 e. The van der Waals surface area contributed by atoms with E-state index in [4.69, 9.17) is 0 Å². The van der Waals surface area contributed by atoms with Crippen LogP contribution in [0.3, 0.4) is 0 Å². The Morgan fingerprint density at radius 2 is 0.980 bits per heavy atom. The van der Waals surface area contributed by atoms with Crippen LogP contribution in [0, 0.1) is 0 Å². The van der Waals surface area contributed by atoms with Crippen molar-refractivity contribution in [2.24, 2.45) is 0 Å². The van der Waals surface area contributed by atoms with Gasteiger partial charge in [-0.3, -0.25) is 16.0 Å². The second-order valence-corrected chi connectivity index (χ2v) is 14.1. The van der Waals surface area contributed by atoms with Crippen LogP contribution in [-0.2, 0) is 0 Å². The lowest BCUT2D eigenvalue weighted by atomic mass is 10.0. The van der Waals surface area contributed by atoms with Crippen molar-refractivity contribution < 1.29 is 0 Å². The smallest absolute Gasteiger partial charge is 0.0864 e. The fraction of sp³-hybridized carbons (Fsp3) is 0.0667. The van der Waals surface area contributed by atoms with Gasteiger partial charge in [0.2, 0.25) is 0 Å². The average molecular weight is 663 g/mol. The molecule has 0 saturated carbocycles. The van der Waals surface area contributed by atoms with Gasteiger partial charge in [0.1, 0.15) is 0 Å². The molecule has 0 radical (unpaired) electrons. The quantitative estimate of drug-likeness (QED) is 0.172. The highest BCUT2D eigenvalue weighted by molar-refractivity contribution is 7.26. The van der Waals surface area contributed by atoms with E-state index in [1.54, 1.807) is 0 Å². The van der Waals surface area contributed by atoms with E-state index in [0.717, 1.165) is 5.69 Å². The molecule has 3 heterocycles. The highest BCUT2D eigenvalue weighted by Gasteiger charge is 2.29. The number of benzene rings is 7. The molecule has 0 amide bonds. The predicted molar refractivity (Wildman–Crippen MR) is 210 cm³/mol. The molecule has 1 saturated heterocycles. The summed E-state index contributed by atoms with van der Waals surface area (Å²) in [5.74, 6) is 0. The monoisotopic (exact) mass is 662 g/mol. The first-order valence-corrected chi connectivity index (χ1v) is 18.0. The molecule has 9 aromatic rings. The van der Waals surface area contributed by atoms with Crippen molar-refractivity contribution in [2.45, 2.75) is 18.5 Å². The third-order valence-electron chi connectivity index (χ3n) is 10.1. The van der Waals surface area contributed by atoms with Gasteiger partial charge in [-0.05, 0) is 64.2 Å². The Morgan fingerprint density at radius 3 is 1.68 bits per heavy atom. The van der Waals surface area contributed by atoms with Gasteiger partial charge in [0.25, 0.3) is 0 Å². The summed E-state index contributed by atoms with van der Waals surface area (Å²) in [6, 6.07) is 61.5. The standard InChI is InChI=1S/C45H34N4S/c1-3-12-29(13-4-1)43-46-44(30-14-5-2-6-15-30)48-45(47-43)31-22-25-33(26-23-31)49-39-20-9-7-16-35(39)38-28-32(24-27-40(38)49)34-18-11-19-37-36-17-8-10-21-41(36)50-42(34)37/h1-28,43-48H. The molecular formula is C45H34N4S. The Bertz CT molecular complexity index is 2590. The predicted octanol–water partition coefficient (Wildman–Crippen LogP) is 11.0. The molecule has 240 valence electrons. The van der Waals surface area contributed by atoms with E-state index in [9.17, 15) is 0 Å². The summed E-state index contributed by atoms with van der Waals surface area (Å²) in [5, 5.41) is 16.6. The number of fused-ring (bicyclic) bond motifs is 6. The summed E-state index contributed by atoms with van der Waals surface area (Å²) >= 11 is 1.89. The van der Waals surface area contributed by atoms with Gasteiger partial charge >= 0.3 is 0 Å². The molecule has 0 aliphatic carbocycles. The average Bonchev–Trinajstić information content (AvgIpc) is 3.74. The minimum atomic E-state index is -0.0435. The summed E-state index contributed by atoms with van der Waals surface area (Å²) in [4.78, 5) is 0. The molecule has 10 rings (SSSR count). The minimum absolute atomic E-state index is 0.00252. The van der Waals surface area contributed by atoms with Crippen LogP contribution in [0.15, 0.2) is 170 Å². The third-order valence-corrected chi connectivity index (χ3v) is 11.4. The summed E-state index contributed by atoms with van der Waals surface area (Å²) in [6.45, 7) is 0. The van der Waals surface area contributed by atoms with Crippen molar-refractivity contribution in [2.75, 3.05) is 0 Å². The molecule has 5 heteroatoms. The van der Waals surface area contributed by atoms with Crippen molar-refractivity contribution >= 4 is 53.3 Å². The van der Waals surface area contributed by atoms with Crippen LogP contribution in [0.5, 0.6) is 0 Å². The number of para-hydroxylation sites is 1. The molecule has 2 aromatic heterocycles. The first-order valence-electron chi connectivity index (χ1n) is 17.2. The first kappa shape index (κ1) is 29.4. The molecule has 0 bridgehead atoms. The van der Waals surface area contributed by atoms with E-state index < -0.39 is 0 Å². The fourth-order valence-corrected chi connectivity index (χ4v) is 8.96. The van der Waals surface area contributed by atoms with E-state index in [1.807, 2.05) is 11.3 Å². The van der Waals surface area contributed by atoms with E-state index in [-0.39, 0.29) is 18.5 Å².